The van der Waals surface area contributed by atoms with Crippen molar-refractivity contribution in [2.24, 2.45) is 5.92 Å². The molecule has 0 bridgehead atoms. The van der Waals surface area contributed by atoms with E-state index >= 15 is 0 Å². The molecule has 0 spiro atoms. The molecule has 0 saturated carbocycles. The fraction of sp³-hybridized carbons (Fsp3) is 0.588. The van der Waals surface area contributed by atoms with E-state index in [-0.39, 0.29) is 11.5 Å². The molecule has 2 aromatic rings. The van der Waals surface area contributed by atoms with Crippen LogP contribution >= 0.6 is 0 Å². The minimum absolute atomic E-state index is 0.0484. The normalized spacial score (nSPS) is 13.5. The molecule has 0 radical (unpaired) electrons. The number of carboxylic acid groups (broad SMARTS) is 1. The van der Waals surface area contributed by atoms with Crippen LogP contribution in [0.2, 0.25) is 24.7 Å². The molecule has 0 saturated heterocycles. The van der Waals surface area contributed by atoms with E-state index in [1.807, 2.05) is 12.1 Å². The summed E-state index contributed by atoms with van der Waals surface area (Å²) in [7, 11) is -5.38. The van der Waals surface area contributed by atoms with Crippen molar-refractivity contribution in [3.05, 3.63) is 60.7 Å². The van der Waals surface area contributed by atoms with Crippen molar-refractivity contribution in [2.75, 3.05) is 6.61 Å². The molecular weight excluding hydrogens is 602 g/mol. The van der Waals surface area contributed by atoms with Gasteiger partial charge in [-0.25, -0.2) is 0 Å². The molecule has 5 nitrogen and oxygen atoms in total. The number of rotatable bonds is 13. The molecule has 248 valence electrons. The van der Waals surface area contributed by atoms with E-state index in [1.54, 1.807) is 20.8 Å². The summed E-state index contributed by atoms with van der Waals surface area (Å²) in [6.45, 7) is 16.7. The Balaban J connectivity index is 0.00000106. The summed E-state index contributed by atoms with van der Waals surface area (Å²) in [5.74, 6) is -5.91. The molecule has 44 heavy (non-hydrogen) atoms. The van der Waals surface area contributed by atoms with Crippen LogP contribution in [0.5, 0.6) is 0 Å². The van der Waals surface area contributed by atoms with Gasteiger partial charge in [-0.3, -0.25) is 9.59 Å². The molecule has 1 N–H and O–H groups in total. The first kappa shape index (κ1) is 39.6. The summed E-state index contributed by atoms with van der Waals surface area (Å²) < 4.78 is 47.2. The number of carbonyl (C=O) groups is 2. The lowest BCUT2D eigenvalue weighted by Crippen LogP contribution is -2.66. The van der Waals surface area contributed by atoms with Gasteiger partial charge in [0, 0.05) is 6.61 Å². The summed E-state index contributed by atoms with van der Waals surface area (Å²) in [6.07, 6.45) is 3.93. The molecule has 0 amide bonds. The van der Waals surface area contributed by atoms with Crippen molar-refractivity contribution in [1.29, 1.82) is 0 Å². The number of benzene rings is 2. The zero-order chi connectivity index (χ0) is 33.8. The predicted octanol–water partition coefficient (Wildman–Crippen LogP) is 8.37. The summed E-state index contributed by atoms with van der Waals surface area (Å²) in [5, 5.41) is 11.7. The van der Waals surface area contributed by atoms with Crippen LogP contribution < -0.4 is 10.4 Å². The SMILES string of the molecule is CC(C)(C)OC(=O)C(CCCCCCO[Si](c1ccccc1)(c1ccccc1)C(C)(C)C)CC(=O)O.C[Si](C)(C)C(F)(F)F. The smallest absolute Gasteiger partial charge is 0.360 e. The lowest BCUT2D eigenvalue weighted by Gasteiger charge is -2.43. The van der Waals surface area contributed by atoms with Crippen LogP contribution in [0.25, 0.3) is 0 Å². The molecule has 0 aromatic heterocycles. The zero-order valence-corrected chi connectivity index (χ0v) is 30.0. The van der Waals surface area contributed by atoms with Gasteiger partial charge in [-0.05, 0) is 49.0 Å². The number of alkyl halides is 3. The van der Waals surface area contributed by atoms with Crippen molar-refractivity contribution in [2.45, 2.75) is 116 Å². The van der Waals surface area contributed by atoms with E-state index in [4.69, 9.17) is 9.16 Å². The van der Waals surface area contributed by atoms with E-state index < -0.39 is 45.6 Å². The fourth-order valence-corrected chi connectivity index (χ4v) is 9.34. The van der Waals surface area contributed by atoms with Gasteiger partial charge >= 0.3 is 17.7 Å². The summed E-state index contributed by atoms with van der Waals surface area (Å²) in [4.78, 5) is 23.7. The van der Waals surface area contributed by atoms with Crippen LogP contribution in [0, 0.1) is 5.92 Å². The summed E-state index contributed by atoms with van der Waals surface area (Å²) in [6, 6.07) is 21.2. The van der Waals surface area contributed by atoms with E-state index in [0.29, 0.717) is 13.0 Å². The quantitative estimate of drug-likeness (QED) is 0.134. The number of hydrogen-bond acceptors (Lipinski definition) is 4. The predicted molar refractivity (Wildman–Crippen MR) is 178 cm³/mol. The van der Waals surface area contributed by atoms with Gasteiger partial charge in [0.25, 0.3) is 8.32 Å². The average Bonchev–Trinajstić information content (AvgIpc) is 2.88. The van der Waals surface area contributed by atoms with Crippen LogP contribution in [0.4, 0.5) is 13.2 Å². The molecule has 0 aliphatic carbocycles. The number of unbranched alkanes of at least 4 members (excludes halogenated alkanes) is 3. The molecule has 0 aliphatic heterocycles. The summed E-state index contributed by atoms with van der Waals surface area (Å²) in [5.41, 5.74) is -0.619. The number of carbonyl (C=O) groups excluding carboxylic acids is 1. The number of esters is 1. The highest BCUT2D eigenvalue weighted by Crippen LogP contribution is 2.37. The number of aliphatic carboxylic acids is 1. The maximum Gasteiger partial charge on any atom is 0.360 e. The lowest BCUT2D eigenvalue weighted by molar-refractivity contribution is -0.163. The van der Waals surface area contributed by atoms with E-state index in [0.717, 1.165) is 25.7 Å². The number of hydrogen-bond donors (Lipinski definition) is 1. The Morgan fingerprint density at radius 3 is 1.57 bits per heavy atom. The Morgan fingerprint density at radius 1 is 0.773 bits per heavy atom. The Morgan fingerprint density at radius 2 is 1.20 bits per heavy atom. The highest BCUT2D eigenvalue weighted by Gasteiger charge is 2.50. The Bertz CT molecular complexity index is 1080. The number of halogens is 3. The van der Waals surface area contributed by atoms with Gasteiger partial charge in [-0.15, -0.1) is 0 Å². The molecule has 0 fully saturated rings. The first-order valence-corrected chi connectivity index (χ1v) is 20.8. The van der Waals surface area contributed by atoms with Crippen LogP contribution in [-0.4, -0.2) is 51.4 Å². The maximum atomic E-state index is 12.4. The van der Waals surface area contributed by atoms with Gasteiger partial charge in [-0.1, -0.05) is 120 Å². The molecule has 0 heterocycles. The monoisotopic (exact) mass is 654 g/mol. The number of ether oxygens (including phenoxy) is 1. The van der Waals surface area contributed by atoms with Gasteiger partial charge in [0.1, 0.15) is 5.60 Å². The molecule has 10 heteroatoms. The van der Waals surface area contributed by atoms with Crippen molar-refractivity contribution >= 4 is 38.7 Å². The topological polar surface area (TPSA) is 72.8 Å². The molecule has 0 aliphatic rings. The third-order valence-electron chi connectivity index (χ3n) is 7.19. The van der Waals surface area contributed by atoms with Crippen molar-refractivity contribution in [1.82, 2.24) is 0 Å². The minimum atomic E-state index is -3.92. The lowest BCUT2D eigenvalue weighted by atomic mass is 9.97. The van der Waals surface area contributed by atoms with Crippen molar-refractivity contribution in [3.63, 3.8) is 0 Å². The second-order valence-electron chi connectivity index (χ2n) is 14.3. The minimum Gasteiger partial charge on any atom is -0.481 e. The Kier molecular flexibility index (Phi) is 15.1. The molecule has 1 unspecified atom stereocenters. The molecule has 2 aromatic carbocycles. The van der Waals surface area contributed by atoms with Crippen LogP contribution in [0.1, 0.15) is 80.1 Å². The Labute approximate surface area is 264 Å². The molecule has 1 atom stereocenters. The summed E-state index contributed by atoms with van der Waals surface area (Å²) >= 11 is 0. The van der Waals surface area contributed by atoms with Crippen LogP contribution in [-0.2, 0) is 18.8 Å². The van der Waals surface area contributed by atoms with Gasteiger partial charge in [0.05, 0.1) is 12.3 Å². The second-order valence-corrected chi connectivity index (χ2v) is 23.7. The first-order valence-electron chi connectivity index (χ1n) is 15.4. The third-order valence-corrected chi connectivity index (χ3v) is 13.9. The Hall–Kier alpha value is -2.44. The zero-order valence-electron chi connectivity index (χ0n) is 28.0. The van der Waals surface area contributed by atoms with Gasteiger partial charge < -0.3 is 14.3 Å². The second kappa shape index (κ2) is 16.8. The van der Waals surface area contributed by atoms with Crippen LogP contribution in [0.15, 0.2) is 60.7 Å². The fourth-order valence-electron chi connectivity index (χ4n) is 4.73. The van der Waals surface area contributed by atoms with E-state index in [9.17, 15) is 27.9 Å². The van der Waals surface area contributed by atoms with Crippen LogP contribution in [0.3, 0.4) is 0 Å². The van der Waals surface area contributed by atoms with E-state index in [1.165, 1.54) is 30.0 Å². The van der Waals surface area contributed by atoms with Crippen molar-refractivity contribution in [3.8, 4) is 0 Å². The third kappa shape index (κ3) is 12.9. The van der Waals surface area contributed by atoms with Gasteiger partial charge in [0.15, 0.2) is 8.07 Å². The van der Waals surface area contributed by atoms with E-state index in [2.05, 4.69) is 69.3 Å². The standard InChI is InChI=1S/C30H44O5Si.C4H9F3Si/c1-29(2,3)35-28(33)24(23-27(31)32)17-11-7-8-16-22-34-36(30(4,5)6,25-18-12-9-13-19-25)26-20-14-10-15-21-26;1-8(2,3)4(5,6)7/h9-10,12-15,18-21,24H,7-8,11,16-17,22-23H2,1-6H3,(H,31,32);1-3H3. The van der Waals surface area contributed by atoms with Gasteiger partial charge in [0.2, 0.25) is 0 Å². The van der Waals surface area contributed by atoms with Gasteiger partial charge in [-0.2, -0.15) is 13.2 Å². The highest BCUT2D eigenvalue weighted by atomic mass is 28.4. The molecule has 2 rings (SSSR count). The largest absolute Gasteiger partial charge is 0.481 e. The number of carboxylic acids is 1. The maximum absolute atomic E-state index is 12.4. The van der Waals surface area contributed by atoms with Crippen molar-refractivity contribution < 1.29 is 37.0 Å². The highest BCUT2D eigenvalue weighted by molar-refractivity contribution is 6.99. The molecular formula is C34H53F3O5Si2. The first-order chi connectivity index (χ1) is 20.1. The average molecular weight is 655 g/mol.